The van der Waals surface area contributed by atoms with Crippen LogP contribution in [0.4, 0.5) is 11.4 Å². The van der Waals surface area contributed by atoms with Crippen molar-refractivity contribution in [1.82, 2.24) is 0 Å². The Morgan fingerprint density at radius 1 is 1.00 bits per heavy atom. The summed E-state index contributed by atoms with van der Waals surface area (Å²) in [6.45, 7) is 3.99. The average molecular weight is 388 g/mol. The third-order valence-electron chi connectivity index (χ3n) is 4.31. The van der Waals surface area contributed by atoms with E-state index < -0.39 is 0 Å². The highest BCUT2D eigenvalue weighted by atomic mass is 16.5. The summed E-state index contributed by atoms with van der Waals surface area (Å²) in [5.41, 5.74) is 4.86. The molecule has 0 aliphatic rings. The molecule has 3 aromatic carbocycles. The van der Waals surface area contributed by atoms with Gasteiger partial charge in [0.2, 0.25) is 0 Å². The van der Waals surface area contributed by atoms with Crippen LogP contribution in [0.2, 0.25) is 0 Å². The first kappa shape index (κ1) is 20.1. The molecule has 0 spiro atoms. The fourth-order valence-electron chi connectivity index (χ4n) is 2.84. The summed E-state index contributed by atoms with van der Waals surface area (Å²) in [4.78, 5) is 16.6. The van der Waals surface area contributed by atoms with Gasteiger partial charge in [0.25, 0.3) is 5.91 Å². The van der Waals surface area contributed by atoms with Gasteiger partial charge in [-0.05, 0) is 61.4 Å². The number of nitrogens with zero attached hydrogens (tertiary/aromatic N) is 1. The second-order valence-corrected chi connectivity index (χ2v) is 6.66. The van der Waals surface area contributed by atoms with Gasteiger partial charge in [0, 0.05) is 11.9 Å². The van der Waals surface area contributed by atoms with E-state index in [2.05, 4.69) is 23.3 Å². The summed E-state index contributed by atoms with van der Waals surface area (Å²) < 4.78 is 11.0. The van der Waals surface area contributed by atoms with Crippen molar-refractivity contribution in [2.45, 2.75) is 13.8 Å². The monoisotopic (exact) mass is 388 g/mol. The summed E-state index contributed by atoms with van der Waals surface area (Å²) >= 11 is 0. The molecule has 0 saturated carbocycles. The first-order valence-electron chi connectivity index (χ1n) is 9.32. The number of anilines is 1. The molecule has 3 rings (SSSR count). The zero-order valence-electron chi connectivity index (χ0n) is 16.8. The van der Waals surface area contributed by atoms with Gasteiger partial charge in [0.15, 0.2) is 18.1 Å². The third kappa shape index (κ3) is 5.69. The minimum Gasteiger partial charge on any atom is -0.493 e. The molecule has 0 aliphatic heterocycles. The Labute approximate surface area is 171 Å². The number of benzene rings is 3. The fraction of sp³-hybridized carbons (Fsp3) is 0.167. The van der Waals surface area contributed by atoms with Gasteiger partial charge in [0.1, 0.15) is 0 Å². The van der Waals surface area contributed by atoms with E-state index in [9.17, 15) is 4.79 Å². The molecule has 1 N–H and O–H groups in total. The average Bonchev–Trinajstić information content (AvgIpc) is 2.72. The maximum Gasteiger partial charge on any atom is 0.262 e. The van der Waals surface area contributed by atoms with Crippen molar-refractivity contribution in [3.05, 3.63) is 83.4 Å². The standard InChI is InChI=1S/C24H24N2O3/c1-17-9-11-21(18(2)13-17)25-15-19-10-12-22(23(14-19)28-3)29-16-24(27)26-20-7-5-4-6-8-20/h4-15H,16H2,1-3H3,(H,26,27). The minimum atomic E-state index is -0.237. The number of nitrogens with one attached hydrogen (secondary N) is 1. The molecule has 0 radical (unpaired) electrons. The van der Waals surface area contributed by atoms with Gasteiger partial charge in [0.05, 0.1) is 12.8 Å². The van der Waals surface area contributed by atoms with Crippen LogP contribution >= 0.6 is 0 Å². The zero-order valence-corrected chi connectivity index (χ0v) is 16.8. The number of aryl methyl sites for hydroxylation is 2. The van der Waals surface area contributed by atoms with Crippen LogP contribution in [0.3, 0.4) is 0 Å². The highest BCUT2D eigenvalue weighted by Gasteiger charge is 2.09. The SMILES string of the molecule is COc1cc(C=Nc2ccc(C)cc2C)ccc1OCC(=O)Nc1ccccc1. The normalized spacial score (nSPS) is 10.7. The van der Waals surface area contributed by atoms with Crippen LogP contribution in [0, 0.1) is 13.8 Å². The molecule has 5 nitrogen and oxygen atoms in total. The van der Waals surface area contributed by atoms with E-state index >= 15 is 0 Å². The van der Waals surface area contributed by atoms with Crippen LogP contribution < -0.4 is 14.8 Å². The third-order valence-corrected chi connectivity index (χ3v) is 4.31. The first-order valence-corrected chi connectivity index (χ1v) is 9.32. The number of carbonyl (C=O) groups excluding carboxylic acids is 1. The van der Waals surface area contributed by atoms with E-state index in [0.29, 0.717) is 11.5 Å². The Morgan fingerprint density at radius 3 is 2.52 bits per heavy atom. The van der Waals surface area contributed by atoms with Gasteiger partial charge in [-0.15, -0.1) is 0 Å². The number of hydrogen-bond acceptors (Lipinski definition) is 4. The summed E-state index contributed by atoms with van der Waals surface area (Å²) in [5, 5.41) is 2.78. The minimum absolute atomic E-state index is 0.110. The van der Waals surface area contributed by atoms with Gasteiger partial charge in [-0.1, -0.05) is 35.9 Å². The lowest BCUT2D eigenvalue weighted by molar-refractivity contribution is -0.118. The van der Waals surface area contributed by atoms with Crippen molar-refractivity contribution in [3.63, 3.8) is 0 Å². The molecule has 0 aliphatic carbocycles. The summed E-state index contributed by atoms with van der Waals surface area (Å²) in [6.07, 6.45) is 1.78. The lowest BCUT2D eigenvalue weighted by Gasteiger charge is -2.11. The maximum atomic E-state index is 12.1. The number of rotatable bonds is 7. The van der Waals surface area contributed by atoms with Crippen molar-refractivity contribution >= 4 is 23.5 Å². The van der Waals surface area contributed by atoms with Gasteiger partial charge < -0.3 is 14.8 Å². The molecule has 0 unspecified atom stereocenters. The molecule has 148 valence electrons. The number of carbonyl (C=O) groups is 1. The van der Waals surface area contributed by atoms with Gasteiger partial charge in [-0.2, -0.15) is 0 Å². The summed E-state index contributed by atoms with van der Waals surface area (Å²) in [7, 11) is 1.57. The van der Waals surface area contributed by atoms with Gasteiger partial charge in [-0.25, -0.2) is 0 Å². The largest absolute Gasteiger partial charge is 0.493 e. The van der Waals surface area contributed by atoms with Crippen LogP contribution in [0.25, 0.3) is 0 Å². The highest BCUT2D eigenvalue weighted by Crippen LogP contribution is 2.28. The van der Waals surface area contributed by atoms with Crippen LogP contribution in [0.1, 0.15) is 16.7 Å². The van der Waals surface area contributed by atoms with Crippen molar-refractivity contribution in [3.8, 4) is 11.5 Å². The smallest absolute Gasteiger partial charge is 0.262 e. The topological polar surface area (TPSA) is 59.9 Å². The second kappa shape index (κ2) is 9.55. The quantitative estimate of drug-likeness (QED) is 0.574. The van der Waals surface area contributed by atoms with Crippen molar-refractivity contribution < 1.29 is 14.3 Å². The van der Waals surface area contributed by atoms with Gasteiger partial charge in [-0.3, -0.25) is 9.79 Å². The molecule has 0 atom stereocenters. The summed E-state index contributed by atoms with van der Waals surface area (Å²) in [6, 6.07) is 20.9. The number of para-hydroxylation sites is 1. The lowest BCUT2D eigenvalue weighted by atomic mass is 10.1. The molecule has 0 bridgehead atoms. The van der Waals surface area contributed by atoms with E-state index in [4.69, 9.17) is 9.47 Å². The van der Waals surface area contributed by atoms with Crippen LogP contribution in [-0.4, -0.2) is 25.8 Å². The van der Waals surface area contributed by atoms with Crippen molar-refractivity contribution in [2.75, 3.05) is 19.0 Å². The Hall–Kier alpha value is -3.60. The molecule has 3 aromatic rings. The summed E-state index contributed by atoms with van der Waals surface area (Å²) in [5.74, 6) is 0.806. The molecular weight excluding hydrogens is 364 g/mol. The number of amides is 1. The molecular formula is C24H24N2O3. The second-order valence-electron chi connectivity index (χ2n) is 6.66. The molecule has 0 aromatic heterocycles. The zero-order chi connectivity index (χ0) is 20.6. The number of ether oxygens (including phenoxy) is 2. The van der Waals surface area contributed by atoms with Crippen molar-refractivity contribution in [1.29, 1.82) is 0 Å². The van der Waals surface area contributed by atoms with Crippen LogP contribution in [0.5, 0.6) is 11.5 Å². The van der Waals surface area contributed by atoms with E-state index in [-0.39, 0.29) is 12.5 Å². The highest BCUT2D eigenvalue weighted by molar-refractivity contribution is 5.91. The van der Waals surface area contributed by atoms with E-state index in [0.717, 1.165) is 22.5 Å². The Balaban J connectivity index is 1.65. The number of hydrogen-bond donors (Lipinski definition) is 1. The molecule has 29 heavy (non-hydrogen) atoms. The fourth-order valence-corrected chi connectivity index (χ4v) is 2.84. The molecule has 0 heterocycles. The molecule has 5 heteroatoms. The van der Waals surface area contributed by atoms with Crippen molar-refractivity contribution in [2.24, 2.45) is 4.99 Å². The Morgan fingerprint density at radius 2 is 1.79 bits per heavy atom. The number of aliphatic imine (C=N–C) groups is 1. The Bertz CT molecular complexity index is 1010. The predicted molar refractivity (Wildman–Crippen MR) is 117 cm³/mol. The lowest BCUT2D eigenvalue weighted by Crippen LogP contribution is -2.20. The predicted octanol–water partition coefficient (Wildman–Crippen LogP) is 5.08. The molecule has 0 saturated heterocycles. The van der Waals surface area contributed by atoms with E-state index in [1.807, 2.05) is 61.5 Å². The molecule has 0 fully saturated rings. The van der Waals surface area contributed by atoms with Gasteiger partial charge >= 0.3 is 0 Å². The van der Waals surface area contributed by atoms with E-state index in [1.54, 1.807) is 19.4 Å². The first-order chi connectivity index (χ1) is 14.0. The van der Waals surface area contributed by atoms with Crippen LogP contribution in [-0.2, 0) is 4.79 Å². The molecule has 1 amide bonds. The van der Waals surface area contributed by atoms with Crippen LogP contribution in [0.15, 0.2) is 71.7 Å². The maximum absolute atomic E-state index is 12.1. The Kier molecular flexibility index (Phi) is 6.63. The number of methoxy groups -OCH3 is 1. The van der Waals surface area contributed by atoms with E-state index in [1.165, 1.54) is 5.56 Å².